The number of rotatable bonds is 5. The van der Waals surface area contributed by atoms with E-state index in [2.05, 4.69) is 26.3 Å². The molecule has 0 radical (unpaired) electrons. The summed E-state index contributed by atoms with van der Waals surface area (Å²) in [6.07, 6.45) is 5.24. The molecule has 0 unspecified atom stereocenters. The molecule has 0 aliphatic rings. The van der Waals surface area contributed by atoms with Gasteiger partial charge < -0.3 is 10.3 Å². The Hall–Kier alpha value is -3.12. The van der Waals surface area contributed by atoms with Crippen LogP contribution in [-0.2, 0) is 5.75 Å². The van der Waals surface area contributed by atoms with Gasteiger partial charge in [0, 0.05) is 46.6 Å². The van der Waals surface area contributed by atoms with Gasteiger partial charge in [0.05, 0.1) is 5.56 Å². The highest BCUT2D eigenvalue weighted by molar-refractivity contribution is 7.98. The first-order chi connectivity index (χ1) is 13.2. The first-order valence-corrected chi connectivity index (χ1v) is 9.55. The molecule has 0 saturated heterocycles. The van der Waals surface area contributed by atoms with Gasteiger partial charge in [-0.05, 0) is 61.0 Å². The van der Waals surface area contributed by atoms with Gasteiger partial charge in [-0.1, -0.05) is 0 Å². The summed E-state index contributed by atoms with van der Waals surface area (Å²) in [6, 6.07) is 15.4. The van der Waals surface area contributed by atoms with Gasteiger partial charge in [-0.3, -0.25) is 9.78 Å². The lowest BCUT2D eigenvalue weighted by molar-refractivity contribution is 0.102. The summed E-state index contributed by atoms with van der Waals surface area (Å²) < 4.78 is 0. The number of aromatic amines is 1. The number of hydrogen-bond acceptors (Lipinski definition) is 4. The smallest absolute Gasteiger partial charge is 0.258 e. The second-order valence-corrected chi connectivity index (χ2v) is 7.17. The van der Waals surface area contributed by atoms with E-state index in [9.17, 15) is 4.79 Å². The molecule has 0 saturated carbocycles. The largest absolute Gasteiger partial charge is 0.359 e. The van der Waals surface area contributed by atoms with Crippen LogP contribution in [0.2, 0.25) is 0 Å². The van der Waals surface area contributed by atoms with E-state index in [0.29, 0.717) is 10.6 Å². The maximum atomic E-state index is 12.8. The van der Waals surface area contributed by atoms with Crippen LogP contribution in [0.1, 0.15) is 21.6 Å². The molecular formula is C21H18N4OS. The molecule has 0 fully saturated rings. The van der Waals surface area contributed by atoms with Crippen molar-refractivity contribution >= 4 is 34.3 Å². The molecule has 5 nitrogen and oxygen atoms in total. The third-order valence-electron chi connectivity index (χ3n) is 4.15. The van der Waals surface area contributed by atoms with E-state index in [4.69, 9.17) is 0 Å². The van der Waals surface area contributed by atoms with Crippen LogP contribution in [0.25, 0.3) is 10.9 Å². The maximum absolute atomic E-state index is 12.8. The third kappa shape index (κ3) is 4.01. The first kappa shape index (κ1) is 17.3. The van der Waals surface area contributed by atoms with Gasteiger partial charge in [0.25, 0.3) is 5.91 Å². The van der Waals surface area contributed by atoms with Gasteiger partial charge in [0.2, 0.25) is 0 Å². The molecule has 3 aromatic heterocycles. The van der Waals surface area contributed by atoms with E-state index < -0.39 is 0 Å². The molecule has 1 aromatic carbocycles. The summed E-state index contributed by atoms with van der Waals surface area (Å²) in [7, 11) is 0. The number of carbonyl (C=O) groups excluding carboxylic acids is 1. The Kier molecular flexibility index (Phi) is 4.89. The highest BCUT2D eigenvalue weighted by atomic mass is 32.2. The van der Waals surface area contributed by atoms with Crippen LogP contribution >= 0.6 is 11.8 Å². The van der Waals surface area contributed by atoms with Crippen molar-refractivity contribution in [1.82, 2.24) is 15.0 Å². The molecule has 2 N–H and O–H groups in total. The Balaban J connectivity index is 1.52. The molecule has 0 bridgehead atoms. The Bertz CT molecular complexity index is 1090. The minimum atomic E-state index is -0.160. The Morgan fingerprint density at radius 3 is 2.81 bits per heavy atom. The average molecular weight is 374 g/mol. The second kappa shape index (κ2) is 7.63. The van der Waals surface area contributed by atoms with E-state index in [1.165, 1.54) is 0 Å². The summed E-state index contributed by atoms with van der Waals surface area (Å²) in [5.74, 6) is 0.570. The van der Waals surface area contributed by atoms with Gasteiger partial charge in [0.15, 0.2) is 0 Å². The number of anilines is 1. The predicted octanol–water partition coefficient (Wildman–Crippen LogP) is 4.81. The number of H-pyrrole nitrogens is 1. The minimum Gasteiger partial charge on any atom is -0.359 e. The molecule has 134 valence electrons. The van der Waals surface area contributed by atoms with E-state index >= 15 is 0 Å². The summed E-state index contributed by atoms with van der Waals surface area (Å²) in [5, 5.41) is 4.77. The molecule has 6 heteroatoms. The predicted molar refractivity (Wildman–Crippen MR) is 109 cm³/mol. The quantitative estimate of drug-likeness (QED) is 0.492. The molecule has 1 amide bonds. The number of benzene rings is 1. The summed E-state index contributed by atoms with van der Waals surface area (Å²) in [5.41, 5.74) is 4.62. The van der Waals surface area contributed by atoms with Gasteiger partial charge in [-0.25, -0.2) is 4.98 Å². The van der Waals surface area contributed by atoms with Gasteiger partial charge >= 0.3 is 0 Å². The number of nitrogens with zero attached hydrogens (tertiary/aromatic N) is 2. The van der Waals surface area contributed by atoms with Crippen molar-refractivity contribution in [3.8, 4) is 0 Å². The van der Waals surface area contributed by atoms with Gasteiger partial charge in [-0.2, -0.15) is 0 Å². The summed E-state index contributed by atoms with van der Waals surface area (Å²) in [6.45, 7) is 2.01. The molecule has 0 aliphatic heterocycles. The summed E-state index contributed by atoms with van der Waals surface area (Å²) in [4.78, 5) is 24.5. The van der Waals surface area contributed by atoms with Crippen LogP contribution in [0.15, 0.2) is 72.1 Å². The zero-order valence-electron chi connectivity index (χ0n) is 14.8. The number of hydrogen-bond donors (Lipinski definition) is 2. The van der Waals surface area contributed by atoms with Crippen molar-refractivity contribution in [2.24, 2.45) is 0 Å². The minimum absolute atomic E-state index is 0.160. The van der Waals surface area contributed by atoms with Crippen LogP contribution < -0.4 is 5.32 Å². The monoisotopic (exact) mass is 374 g/mol. The Morgan fingerprint density at radius 1 is 1.11 bits per heavy atom. The highest BCUT2D eigenvalue weighted by Gasteiger charge is 2.13. The fraction of sp³-hybridized carbons (Fsp3) is 0.0952. The fourth-order valence-corrected chi connectivity index (χ4v) is 3.81. The standard InChI is InChI=1S/C21H18N4OS/c1-14-11-16-12-17(4-5-19(16)24-14)25-20(26)18-3-2-8-23-21(18)27-13-15-6-9-22-10-7-15/h2-12,24H,13H2,1H3,(H,25,26). The van der Waals surface area contributed by atoms with E-state index in [-0.39, 0.29) is 5.91 Å². The second-order valence-electron chi connectivity index (χ2n) is 6.21. The Labute approximate surface area is 161 Å². The van der Waals surface area contributed by atoms with E-state index in [1.54, 1.807) is 42.5 Å². The molecule has 4 rings (SSSR count). The number of aryl methyl sites for hydroxylation is 1. The van der Waals surface area contributed by atoms with Crippen molar-refractivity contribution in [3.05, 3.63) is 83.9 Å². The molecule has 27 heavy (non-hydrogen) atoms. The molecule has 0 aliphatic carbocycles. The maximum Gasteiger partial charge on any atom is 0.258 e. The van der Waals surface area contributed by atoms with Crippen molar-refractivity contribution in [2.75, 3.05) is 5.32 Å². The van der Waals surface area contributed by atoms with E-state index in [0.717, 1.165) is 33.6 Å². The van der Waals surface area contributed by atoms with Crippen LogP contribution in [0.4, 0.5) is 5.69 Å². The molecular weight excluding hydrogens is 356 g/mol. The van der Waals surface area contributed by atoms with Crippen LogP contribution in [0, 0.1) is 6.92 Å². The van der Waals surface area contributed by atoms with E-state index in [1.807, 2.05) is 37.3 Å². The van der Waals surface area contributed by atoms with Crippen molar-refractivity contribution in [3.63, 3.8) is 0 Å². The zero-order valence-corrected chi connectivity index (χ0v) is 15.6. The molecule has 4 aromatic rings. The zero-order chi connectivity index (χ0) is 18.6. The number of carbonyl (C=O) groups is 1. The number of aromatic nitrogens is 3. The van der Waals surface area contributed by atoms with Crippen LogP contribution in [0.3, 0.4) is 0 Å². The molecule has 3 heterocycles. The fourth-order valence-electron chi connectivity index (χ4n) is 2.86. The Morgan fingerprint density at radius 2 is 1.96 bits per heavy atom. The van der Waals surface area contributed by atoms with Gasteiger partial charge in [-0.15, -0.1) is 11.8 Å². The molecule has 0 spiro atoms. The topological polar surface area (TPSA) is 70.7 Å². The average Bonchev–Trinajstić information content (AvgIpc) is 3.06. The van der Waals surface area contributed by atoms with Gasteiger partial charge in [0.1, 0.15) is 5.03 Å². The lowest BCUT2D eigenvalue weighted by atomic mass is 10.2. The number of fused-ring (bicyclic) bond motifs is 1. The van der Waals surface area contributed by atoms with Crippen molar-refractivity contribution < 1.29 is 4.79 Å². The lowest BCUT2D eigenvalue weighted by Crippen LogP contribution is -2.13. The number of thioether (sulfide) groups is 1. The first-order valence-electron chi connectivity index (χ1n) is 8.56. The third-order valence-corrected chi connectivity index (χ3v) is 5.23. The number of pyridine rings is 2. The number of nitrogens with one attached hydrogen (secondary N) is 2. The normalized spacial score (nSPS) is 10.9. The van der Waals surface area contributed by atoms with Crippen LogP contribution in [-0.4, -0.2) is 20.9 Å². The van der Waals surface area contributed by atoms with Crippen molar-refractivity contribution in [2.45, 2.75) is 17.7 Å². The highest BCUT2D eigenvalue weighted by Crippen LogP contribution is 2.25. The summed E-state index contributed by atoms with van der Waals surface area (Å²) >= 11 is 1.54. The van der Waals surface area contributed by atoms with Crippen molar-refractivity contribution in [1.29, 1.82) is 0 Å². The molecule has 0 atom stereocenters. The van der Waals surface area contributed by atoms with Crippen LogP contribution in [0.5, 0.6) is 0 Å². The number of amides is 1. The SMILES string of the molecule is Cc1cc2cc(NC(=O)c3cccnc3SCc3ccncc3)ccc2[nH]1. The lowest BCUT2D eigenvalue weighted by Gasteiger charge is -2.09.